The van der Waals surface area contributed by atoms with Gasteiger partial charge in [0.25, 0.3) is 5.91 Å². The molecule has 1 aliphatic heterocycles. The maximum atomic E-state index is 13.1. The van der Waals surface area contributed by atoms with Crippen LogP contribution < -0.4 is 4.90 Å². The van der Waals surface area contributed by atoms with Crippen LogP contribution in [0.25, 0.3) is 0 Å². The smallest absolute Gasteiger partial charge is 0.293 e. The maximum absolute atomic E-state index is 13.1. The number of aromatic nitrogens is 2. The van der Waals surface area contributed by atoms with Crippen LogP contribution in [0.15, 0.2) is 60.7 Å². The zero-order valence-corrected chi connectivity index (χ0v) is 15.2. The van der Waals surface area contributed by atoms with Gasteiger partial charge in [0.1, 0.15) is 10.9 Å². The van der Waals surface area contributed by atoms with E-state index < -0.39 is 23.7 Å². The summed E-state index contributed by atoms with van der Waals surface area (Å²) in [6.07, 6.45) is 0. The summed E-state index contributed by atoms with van der Waals surface area (Å²) in [5.74, 6) is -2.93. The average Bonchev–Trinajstić information content (AvgIpc) is 3.24. The largest absolute Gasteiger partial charge is 0.297 e. The number of amides is 1. The summed E-state index contributed by atoms with van der Waals surface area (Å²) in [5, 5.41) is 8.99. The van der Waals surface area contributed by atoms with Crippen molar-refractivity contribution in [2.45, 2.75) is 13.0 Å². The SMILES string of the molecule is Cc1nnc(N2C(=O)C(=O)C(C(=O)c3ccccc3)C2c2ccccc2)s1. The zero-order valence-electron chi connectivity index (χ0n) is 14.4. The molecule has 0 bridgehead atoms. The molecule has 1 aromatic heterocycles. The van der Waals surface area contributed by atoms with E-state index in [1.165, 1.54) is 16.2 Å². The molecule has 0 N–H and O–H groups in total. The van der Waals surface area contributed by atoms with E-state index in [1.54, 1.807) is 37.3 Å². The molecule has 7 heteroatoms. The Labute approximate surface area is 159 Å². The van der Waals surface area contributed by atoms with E-state index in [1.807, 2.05) is 30.3 Å². The van der Waals surface area contributed by atoms with Gasteiger partial charge in [0, 0.05) is 5.56 Å². The average molecular weight is 377 g/mol. The van der Waals surface area contributed by atoms with Gasteiger partial charge < -0.3 is 0 Å². The summed E-state index contributed by atoms with van der Waals surface area (Å²) in [4.78, 5) is 40.1. The number of Topliss-reactive ketones (excluding diaryl/α,β-unsaturated/α-hetero) is 2. The minimum absolute atomic E-state index is 0.322. The Hall–Kier alpha value is -3.19. The van der Waals surface area contributed by atoms with E-state index in [0.29, 0.717) is 21.3 Å². The highest BCUT2D eigenvalue weighted by Gasteiger charge is 2.53. The fraction of sp³-hybridized carbons (Fsp3) is 0.150. The number of rotatable bonds is 4. The molecule has 0 aliphatic carbocycles. The van der Waals surface area contributed by atoms with E-state index in [9.17, 15) is 14.4 Å². The summed E-state index contributed by atoms with van der Waals surface area (Å²) >= 11 is 1.22. The molecule has 1 fully saturated rings. The van der Waals surface area contributed by atoms with Gasteiger partial charge in [-0.3, -0.25) is 19.3 Å². The second-order valence-corrected chi connectivity index (χ2v) is 7.37. The molecule has 0 saturated carbocycles. The van der Waals surface area contributed by atoms with Crippen LogP contribution in [0.5, 0.6) is 0 Å². The van der Waals surface area contributed by atoms with Gasteiger partial charge in [-0.1, -0.05) is 72.0 Å². The van der Waals surface area contributed by atoms with Gasteiger partial charge in [0.2, 0.25) is 10.9 Å². The molecule has 27 heavy (non-hydrogen) atoms. The number of hydrogen-bond acceptors (Lipinski definition) is 6. The molecule has 134 valence electrons. The number of carbonyl (C=O) groups excluding carboxylic acids is 3. The van der Waals surface area contributed by atoms with E-state index in [2.05, 4.69) is 10.2 Å². The molecule has 3 aromatic rings. The van der Waals surface area contributed by atoms with Gasteiger partial charge in [-0.15, -0.1) is 10.2 Å². The molecular formula is C20H15N3O3S. The number of nitrogens with zero attached hydrogens (tertiary/aromatic N) is 3. The summed E-state index contributed by atoms with van der Waals surface area (Å²) in [6.45, 7) is 1.77. The molecule has 1 aliphatic rings. The van der Waals surface area contributed by atoms with Crippen molar-refractivity contribution in [3.05, 3.63) is 76.8 Å². The highest BCUT2D eigenvalue weighted by molar-refractivity contribution is 7.15. The first-order valence-corrected chi connectivity index (χ1v) is 9.21. The fourth-order valence-electron chi connectivity index (χ4n) is 3.30. The summed E-state index contributed by atoms with van der Waals surface area (Å²) in [7, 11) is 0. The first kappa shape index (κ1) is 17.2. The first-order valence-electron chi connectivity index (χ1n) is 8.39. The first-order chi connectivity index (χ1) is 13.1. The van der Waals surface area contributed by atoms with Crippen molar-refractivity contribution in [1.82, 2.24) is 10.2 Å². The van der Waals surface area contributed by atoms with Gasteiger partial charge in [0.15, 0.2) is 5.78 Å². The lowest BCUT2D eigenvalue weighted by Crippen LogP contribution is -2.30. The Morgan fingerprint density at radius 2 is 1.59 bits per heavy atom. The van der Waals surface area contributed by atoms with Gasteiger partial charge in [0.05, 0.1) is 6.04 Å². The van der Waals surface area contributed by atoms with Crippen LogP contribution in [0.2, 0.25) is 0 Å². The number of benzene rings is 2. The van der Waals surface area contributed by atoms with Crippen LogP contribution in [-0.4, -0.2) is 27.7 Å². The lowest BCUT2D eigenvalue weighted by atomic mass is 9.86. The van der Waals surface area contributed by atoms with Crippen molar-refractivity contribution in [2.75, 3.05) is 4.90 Å². The van der Waals surface area contributed by atoms with E-state index in [4.69, 9.17) is 0 Å². The second kappa shape index (κ2) is 6.85. The van der Waals surface area contributed by atoms with Crippen LogP contribution in [0.3, 0.4) is 0 Å². The zero-order chi connectivity index (χ0) is 19.0. The maximum Gasteiger partial charge on any atom is 0.297 e. The monoisotopic (exact) mass is 377 g/mol. The summed E-state index contributed by atoms with van der Waals surface area (Å²) in [5.41, 5.74) is 1.11. The van der Waals surface area contributed by atoms with Crippen LogP contribution in [0, 0.1) is 12.8 Å². The highest BCUT2D eigenvalue weighted by Crippen LogP contribution is 2.41. The number of aryl methyl sites for hydroxylation is 1. The molecule has 2 atom stereocenters. The van der Waals surface area contributed by atoms with Crippen molar-refractivity contribution in [3.8, 4) is 0 Å². The standard InChI is InChI=1S/C20H15N3O3S/c1-12-21-22-20(27-12)23-16(13-8-4-2-5-9-13)15(18(25)19(23)26)17(24)14-10-6-3-7-11-14/h2-11,15-16H,1H3. The van der Waals surface area contributed by atoms with Crippen LogP contribution in [0.1, 0.15) is 27.0 Å². The van der Waals surface area contributed by atoms with Crippen molar-refractivity contribution in [3.63, 3.8) is 0 Å². The number of anilines is 1. The number of hydrogen-bond donors (Lipinski definition) is 0. The van der Waals surface area contributed by atoms with Gasteiger partial charge >= 0.3 is 0 Å². The normalized spacial score (nSPS) is 19.5. The summed E-state index contributed by atoms with van der Waals surface area (Å²) in [6, 6.07) is 16.9. The Morgan fingerprint density at radius 3 is 2.19 bits per heavy atom. The van der Waals surface area contributed by atoms with Crippen LogP contribution >= 0.6 is 11.3 Å². The third-order valence-electron chi connectivity index (χ3n) is 4.51. The Kier molecular flexibility index (Phi) is 4.37. The second-order valence-electron chi connectivity index (χ2n) is 6.21. The van der Waals surface area contributed by atoms with Gasteiger partial charge in [-0.2, -0.15) is 0 Å². The molecular weight excluding hydrogens is 362 g/mol. The molecule has 2 heterocycles. The van der Waals surface area contributed by atoms with E-state index in [0.717, 1.165) is 0 Å². The Balaban J connectivity index is 1.85. The van der Waals surface area contributed by atoms with E-state index >= 15 is 0 Å². The minimum atomic E-state index is -1.12. The molecule has 6 nitrogen and oxygen atoms in total. The number of ketones is 2. The Bertz CT molecular complexity index is 1020. The Morgan fingerprint density at radius 1 is 0.963 bits per heavy atom. The lowest BCUT2D eigenvalue weighted by molar-refractivity contribution is -0.135. The highest BCUT2D eigenvalue weighted by atomic mass is 32.1. The third kappa shape index (κ3) is 2.96. The molecule has 0 radical (unpaired) electrons. The fourth-order valence-corrected chi connectivity index (χ4v) is 4.02. The molecule has 2 aromatic carbocycles. The number of carbonyl (C=O) groups is 3. The predicted molar refractivity (Wildman–Crippen MR) is 101 cm³/mol. The van der Waals surface area contributed by atoms with Crippen molar-refractivity contribution < 1.29 is 14.4 Å². The van der Waals surface area contributed by atoms with Crippen molar-refractivity contribution in [2.24, 2.45) is 5.92 Å². The molecule has 0 spiro atoms. The molecule has 1 saturated heterocycles. The predicted octanol–water partition coefficient (Wildman–Crippen LogP) is 3.00. The van der Waals surface area contributed by atoms with Gasteiger partial charge in [-0.05, 0) is 12.5 Å². The lowest BCUT2D eigenvalue weighted by Gasteiger charge is -2.24. The molecule has 4 rings (SSSR count). The summed E-state index contributed by atoms with van der Waals surface area (Å²) < 4.78 is 0. The third-order valence-corrected chi connectivity index (χ3v) is 5.35. The van der Waals surface area contributed by atoms with Crippen LogP contribution in [-0.2, 0) is 9.59 Å². The quantitative estimate of drug-likeness (QED) is 0.397. The topological polar surface area (TPSA) is 80.2 Å². The van der Waals surface area contributed by atoms with Gasteiger partial charge in [-0.25, -0.2) is 0 Å². The van der Waals surface area contributed by atoms with E-state index in [-0.39, 0.29) is 5.78 Å². The molecule has 1 amide bonds. The minimum Gasteiger partial charge on any atom is -0.293 e. The molecule has 2 unspecified atom stereocenters. The van der Waals surface area contributed by atoms with Crippen LogP contribution in [0.4, 0.5) is 5.13 Å². The van der Waals surface area contributed by atoms with Crippen molar-refractivity contribution >= 4 is 33.9 Å². The van der Waals surface area contributed by atoms with Crippen molar-refractivity contribution in [1.29, 1.82) is 0 Å².